The fourth-order valence-electron chi connectivity index (χ4n) is 4.29. The summed E-state index contributed by atoms with van der Waals surface area (Å²) >= 11 is 0. The maximum atomic E-state index is 15.0. The van der Waals surface area contributed by atoms with E-state index in [1.807, 2.05) is 13.0 Å². The Morgan fingerprint density at radius 2 is 1.81 bits per heavy atom. The number of nitrogens with one attached hydrogen (secondary N) is 1. The minimum absolute atomic E-state index is 0.00156. The number of ether oxygens (including phenoxy) is 1. The maximum absolute atomic E-state index is 15.0. The Hall–Kier alpha value is -4.53. The van der Waals surface area contributed by atoms with E-state index in [1.54, 1.807) is 30.5 Å². The topological polar surface area (TPSA) is 93.7 Å². The average Bonchev–Trinajstić information content (AvgIpc) is 3.34. The van der Waals surface area contributed by atoms with Crippen LogP contribution in [0.2, 0.25) is 0 Å². The Morgan fingerprint density at radius 1 is 1.00 bits per heavy atom. The highest BCUT2D eigenvalue weighted by Gasteiger charge is 2.23. The summed E-state index contributed by atoms with van der Waals surface area (Å²) in [7, 11) is 1.53. The second-order valence-corrected chi connectivity index (χ2v) is 8.76. The number of hydrogen-bond acceptors (Lipinski definition) is 6. The van der Waals surface area contributed by atoms with Gasteiger partial charge in [-0.1, -0.05) is 25.1 Å². The van der Waals surface area contributed by atoms with E-state index in [0.717, 1.165) is 11.1 Å². The second kappa shape index (κ2) is 10.2. The number of aromatic nitrogens is 5. The SMILES string of the molecule is COc1ccc(Cc2ccc(C(=O)c3c[nH]c4ncnc(C[C@@H](C)c5ccc(F)cc5)c34)c(F)n2)cn1. The van der Waals surface area contributed by atoms with Crippen LogP contribution in [0.15, 0.2) is 67.3 Å². The highest BCUT2D eigenvalue weighted by molar-refractivity contribution is 6.16. The predicted octanol–water partition coefficient (Wildman–Crippen LogP) is 5.20. The van der Waals surface area contributed by atoms with Gasteiger partial charge in [0.2, 0.25) is 11.8 Å². The van der Waals surface area contributed by atoms with Gasteiger partial charge in [-0.05, 0) is 47.7 Å². The van der Waals surface area contributed by atoms with Crippen LogP contribution in [0, 0.1) is 11.8 Å². The first-order valence-electron chi connectivity index (χ1n) is 11.7. The summed E-state index contributed by atoms with van der Waals surface area (Å²) in [5.41, 5.74) is 3.50. The van der Waals surface area contributed by atoms with E-state index in [1.165, 1.54) is 37.8 Å². The third-order valence-electron chi connectivity index (χ3n) is 6.27. The van der Waals surface area contributed by atoms with Crippen molar-refractivity contribution in [3.8, 4) is 5.88 Å². The van der Waals surface area contributed by atoms with E-state index in [4.69, 9.17) is 4.74 Å². The molecule has 0 amide bonds. The summed E-state index contributed by atoms with van der Waals surface area (Å²) in [5, 5.41) is 0.536. The molecule has 7 nitrogen and oxygen atoms in total. The molecule has 1 N–H and O–H groups in total. The van der Waals surface area contributed by atoms with Gasteiger partial charge in [0.1, 0.15) is 17.8 Å². The average molecular weight is 500 g/mol. The quantitative estimate of drug-likeness (QED) is 0.233. The van der Waals surface area contributed by atoms with Gasteiger partial charge in [-0.15, -0.1) is 0 Å². The molecule has 0 aliphatic carbocycles. The third-order valence-corrected chi connectivity index (χ3v) is 6.27. The first kappa shape index (κ1) is 24.2. The molecule has 0 bridgehead atoms. The van der Waals surface area contributed by atoms with Crippen LogP contribution in [0.1, 0.15) is 51.3 Å². The summed E-state index contributed by atoms with van der Waals surface area (Å²) in [5.74, 6) is -1.18. The van der Waals surface area contributed by atoms with Crippen molar-refractivity contribution < 1.29 is 18.3 Å². The summed E-state index contributed by atoms with van der Waals surface area (Å²) < 4.78 is 33.4. The number of methoxy groups -OCH3 is 1. The van der Waals surface area contributed by atoms with Crippen molar-refractivity contribution in [2.45, 2.75) is 25.7 Å². The summed E-state index contributed by atoms with van der Waals surface area (Å²) in [6.45, 7) is 2.00. The van der Waals surface area contributed by atoms with Crippen LogP contribution in [0.5, 0.6) is 5.88 Å². The summed E-state index contributed by atoms with van der Waals surface area (Å²) in [4.78, 5) is 33.2. The molecule has 1 atom stereocenters. The fourth-order valence-corrected chi connectivity index (χ4v) is 4.29. The van der Waals surface area contributed by atoms with Crippen molar-refractivity contribution in [2.75, 3.05) is 7.11 Å². The van der Waals surface area contributed by atoms with E-state index in [0.29, 0.717) is 41.1 Å². The number of carbonyl (C=O) groups is 1. The molecule has 0 saturated carbocycles. The van der Waals surface area contributed by atoms with E-state index < -0.39 is 11.7 Å². The lowest BCUT2D eigenvalue weighted by molar-refractivity contribution is 0.103. The zero-order valence-corrected chi connectivity index (χ0v) is 20.2. The third kappa shape index (κ3) is 5.06. The Bertz CT molecular complexity index is 1570. The Morgan fingerprint density at radius 3 is 2.51 bits per heavy atom. The number of carbonyl (C=O) groups excluding carboxylic acids is 1. The van der Waals surface area contributed by atoms with E-state index >= 15 is 4.39 Å². The van der Waals surface area contributed by atoms with Crippen LogP contribution in [0.4, 0.5) is 8.78 Å². The molecule has 0 unspecified atom stereocenters. The standard InChI is InChI=1S/C28H23F2N5O2/c1-16(18-4-6-19(29)7-5-18)11-23-25-22(14-32-28(25)34-15-33-23)26(36)21-9-8-20(35-27(21)30)12-17-3-10-24(37-2)31-13-17/h3-10,13-16H,11-12H2,1-2H3,(H,32,33,34)/t16-/m1/s1. The minimum atomic E-state index is -0.851. The monoisotopic (exact) mass is 499 g/mol. The molecule has 9 heteroatoms. The van der Waals surface area contributed by atoms with Crippen molar-refractivity contribution in [1.82, 2.24) is 24.9 Å². The lowest BCUT2D eigenvalue weighted by Gasteiger charge is -2.13. The van der Waals surface area contributed by atoms with Crippen molar-refractivity contribution >= 4 is 16.8 Å². The Kier molecular flexibility index (Phi) is 6.68. The van der Waals surface area contributed by atoms with Crippen LogP contribution in [0.25, 0.3) is 11.0 Å². The fraction of sp³-hybridized carbons (Fsp3) is 0.179. The number of pyridine rings is 2. The Balaban J connectivity index is 1.42. The van der Waals surface area contributed by atoms with Gasteiger partial charge in [0.25, 0.3) is 0 Å². The number of rotatable bonds is 8. The molecule has 0 aliphatic rings. The maximum Gasteiger partial charge on any atom is 0.224 e. The number of fused-ring (bicyclic) bond motifs is 1. The molecule has 4 aromatic heterocycles. The zero-order valence-electron chi connectivity index (χ0n) is 20.2. The van der Waals surface area contributed by atoms with Gasteiger partial charge >= 0.3 is 0 Å². The van der Waals surface area contributed by atoms with E-state index in [-0.39, 0.29) is 22.9 Å². The van der Waals surface area contributed by atoms with Gasteiger partial charge < -0.3 is 9.72 Å². The lowest BCUT2D eigenvalue weighted by Crippen LogP contribution is -2.09. The molecule has 4 heterocycles. The first-order valence-corrected chi connectivity index (χ1v) is 11.7. The van der Waals surface area contributed by atoms with Crippen molar-refractivity contribution in [1.29, 1.82) is 0 Å². The normalized spacial score (nSPS) is 12.0. The van der Waals surface area contributed by atoms with Crippen LogP contribution in [-0.2, 0) is 12.8 Å². The molecule has 186 valence electrons. The molecule has 5 aromatic rings. The van der Waals surface area contributed by atoms with Crippen LogP contribution in [-0.4, -0.2) is 37.8 Å². The molecule has 1 aromatic carbocycles. The predicted molar refractivity (Wildman–Crippen MR) is 134 cm³/mol. The van der Waals surface area contributed by atoms with Gasteiger partial charge in [0, 0.05) is 30.6 Å². The van der Waals surface area contributed by atoms with Crippen molar-refractivity contribution in [3.05, 3.63) is 113 Å². The number of ketones is 1. The molecule has 0 aliphatic heterocycles. The number of aromatic amines is 1. The number of hydrogen-bond donors (Lipinski definition) is 1. The van der Waals surface area contributed by atoms with Gasteiger partial charge in [0.15, 0.2) is 5.78 Å². The number of H-pyrrole nitrogens is 1. The highest BCUT2D eigenvalue weighted by atomic mass is 19.1. The molecular formula is C28H23F2N5O2. The van der Waals surface area contributed by atoms with Crippen LogP contribution < -0.4 is 4.74 Å². The molecular weight excluding hydrogens is 476 g/mol. The van der Waals surface area contributed by atoms with Gasteiger partial charge in [-0.2, -0.15) is 4.39 Å². The van der Waals surface area contributed by atoms with Gasteiger partial charge in [0.05, 0.1) is 29.3 Å². The number of halogens is 2. The van der Waals surface area contributed by atoms with E-state index in [2.05, 4.69) is 24.9 Å². The molecule has 5 rings (SSSR count). The van der Waals surface area contributed by atoms with Crippen molar-refractivity contribution in [3.63, 3.8) is 0 Å². The van der Waals surface area contributed by atoms with Gasteiger partial charge in [-0.25, -0.2) is 24.3 Å². The first-order chi connectivity index (χ1) is 17.9. The molecule has 0 radical (unpaired) electrons. The smallest absolute Gasteiger partial charge is 0.224 e. The molecule has 0 spiro atoms. The summed E-state index contributed by atoms with van der Waals surface area (Å²) in [6, 6.07) is 12.9. The highest BCUT2D eigenvalue weighted by Crippen LogP contribution is 2.28. The van der Waals surface area contributed by atoms with Crippen molar-refractivity contribution in [2.24, 2.45) is 0 Å². The lowest BCUT2D eigenvalue weighted by atomic mass is 9.93. The minimum Gasteiger partial charge on any atom is -0.481 e. The second-order valence-electron chi connectivity index (χ2n) is 8.76. The Labute approximate surface area is 211 Å². The van der Waals surface area contributed by atoms with Crippen LogP contribution >= 0.6 is 0 Å². The molecule has 0 saturated heterocycles. The van der Waals surface area contributed by atoms with Gasteiger partial charge in [-0.3, -0.25) is 4.79 Å². The van der Waals surface area contributed by atoms with Crippen LogP contribution in [0.3, 0.4) is 0 Å². The largest absolute Gasteiger partial charge is 0.481 e. The number of benzene rings is 1. The summed E-state index contributed by atoms with van der Waals surface area (Å²) in [6.07, 6.45) is 5.42. The molecule has 0 fully saturated rings. The zero-order chi connectivity index (χ0) is 25.9. The molecule has 37 heavy (non-hydrogen) atoms. The van der Waals surface area contributed by atoms with E-state index in [9.17, 15) is 9.18 Å². The number of nitrogens with zero attached hydrogens (tertiary/aromatic N) is 4.